The lowest BCUT2D eigenvalue weighted by atomic mass is 9.93. The molecule has 1 aromatic carbocycles. The SMILES string of the molecule is Cc1[nH]nc(-c2nccn2[C@@H]2COC[C@@H]2Cc2ccnc3ccccc23)c1Cl. The first-order chi connectivity index (χ1) is 13.7. The molecule has 0 radical (unpaired) electrons. The fourth-order valence-corrected chi connectivity index (χ4v) is 4.20. The number of benzene rings is 1. The van der Waals surface area contributed by atoms with Gasteiger partial charge in [-0.05, 0) is 31.0 Å². The third kappa shape index (κ3) is 2.89. The van der Waals surface area contributed by atoms with Crippen LogP contribution in [0.4, 0.5) is 0 Å². The number of nitrogens with one attached hydrogen (secondary N) is 1. The van der Waals surface area contributed by atoms with Crippen molar-refractivity contribution in [2.24, 2.45) is 5.92 Å². The number of para-hydroxylation sites is 1. The summed E-state index contributed by atoms with van der Waals surface area (Å²) in [6, 6.07) is 10.6. The molecule has 0 spiro atoms. The van der Waals surface area contributed by atoms with E-state index in [-0.39, 0.29) is 6.04 Å². The van der Waals surface area contributed by atoms with Gasteiger partial charge >= 0.3 is 0 Å². The van der Waals surface area contributed by atoms with Crippen LogP contribution in [0.1, 0.15) is 17.3 Å². The van der Waals surface area contributed by atoms with E-state index in [9.17, 15) is 0 Å². The van der Waals surface area contributed by atoms with Crippen LogP contribution in [0.25, 0.3) is 22.4 Å². The van der Waals surface area contributed by atoms with E-state index in [1.807, 2.05) is 25.4 Å². The molecule has 0 aliphatic carbocycles. The highest BCUT2D eigenvalue weighted by Crippen LogP contribution is 2.35. The lowest BCUT2D eigenvalue weighted by Crippen LogP contribution is -2.20. The van der Waals surface area contributed by atoms with E-state index in [1.54, 1.807) is 6.20 Å². The van der Waals surface area contributed by atoms with E-state index in [0.717, 1.165) is 23.5 Å². The van der Waals surface area contributed by atoms with Crippen molar-refractivity contribution in [2.45, 2.75) is 19.4 Å². The van der Waals surface area contributed by atoms with Crippen molar-refractivity contribution in [3.63, 3.8) is 0 Å². The third-order valence-electron chi connectivity index (χ3n) is 5.50. The summed E-state index contributed by atoms with van der Waals surface area (Å²) >= 11 is 6.43. The van der Waals surface area contributed by atoms with Crippen molar-refractivity contribution in [3.8, 4) is 11.5 Å². The molecule has 7 heteroatoms. The Kier molecular flexibility index (Phi) is 4.37. The Labute approximate surface area is 167 Å². The number of ether oxygens (including phenoxy) is 1. The number of hydrogen-bond donors (Lipinski definition) is 1. The van der Waals surface area contributed by atoms with Crippen LogP contribution >= 0.6 is 11.6 Å². The van der Waals surface area contributed by atoms with Crippen LogP contribution in [0.3, 0.4) is 0 Å². The monoisotopic (exact) mass is 393 g/mol. The molecule has 1 aliphatic rings. The number of pyridine rings is 1. The van der Waals surface area contributed by atoms with Crippen LogP contribution in [-0.4, -0.2) is 37.9 Å². The second-order valence-corrected chi connectivity index (χ2v) is 7.60. The number of aromatic nitrogens is 5. The number of imidazole rings is 1. The van der Waals surface area contributed by atoms with Crippen molar-refractivity contribution in [2.75, 3.05) is 13.2 Å². The molecule has 1 saturated heterocycles. The van der Waals surface area contributed by atoms with Gasteiger partial charge in [-0.2, -0.15) is 5.10 Å². The van der Waals surface area contributed by atoms with Gasteiger partial charge in [0.25, 0.3) is 0 Å². The van der Waals surface area contributed by atoms with Crippen molar-refractivity contribution in [1.29, 1.82) is 0 Å². The average molecular weight is 394 g/mol. The molecule has 4 heterocycles. The minimum Gasteiger partial charge on any atom is -0.379 e. The third-order valence-corrected chi connectivity index (χ3v) is 5.96. The summed E-state index contributed by atoms with van der Waals surface area (Å²) in [4.78, 5) is 9.01. The highest BCUT2D eigenvalue weighted by atomic mass is 35.5. The molecule has 1 fully saturated rings. The van der Waals surface area contributed by atoms with E-state index >= 15 is 0 Å². The van der Waals surface area contributed by atoms with Crippen molar-refractivity contribution in [1.82, 2.24) is 24.7 Å². The van der Waals surface area contributed by atoms with Gasteiger partial charge in [-0.3, -0.25) is 10.1 Å². The molecule has 0 amide bonds. The maximum Gasteiger partial charge on any atom is 0.162 e. The van der Waals surface area contributed by atoms with E-state index in [0.29, 0.717) is 29.8 Å². The lowest BCUT2D eigenvalue weighted by molar-refractivity contribution is 0.181. The lowest BCUT2D eigenvalue weighted by Gasteiger charge is -2.21. The average Bonchev–Trinajstić information content (AvgIpc) is 3.43. The highest BCUT2D eigenvalue weighted by Gasteiger charge is 2.32. The number of halogens is 1. The van der Waals surface area contributed by atoms with Gasteiger partial charge in [-0.25, -0.2) is 4.98 Å². The molecule has 6 nitrogen and oxygen atoms in total. The molecule has 1 N–H and O–H groups in total. The van der Waals surface area contributed by atoms with Gasteiger partial charge in [-0.1, -0.05) is 29.8 Å². The number of aromatic amines is 1. The summed E-state index contributed by atoms with van der Waals surface area (Å²) in [5.41, 5.74) is 3.84. The number of rotatable bonds is 4. The predicted octanol–water partition coefficient (Wildman–Crippen LogP) is 4.21. The largest absolute Gasteiger partial charge is 0.379 e. The van der Waals surface area contributed by atoms with E-state index in [2.05, 4.69) is 49.0 Å². The molecule has 3 aromatic heterocycles. The van der Waals surface area contributed by atoms with Gasteiger partial charge in [-0.15, -0.1) is 0 Å². The number of H-pyrrole nitrogens is 1. The summed E-state index contributed by atoms with van der Waals surface area (Å²) < 4.78 is 8.03. The molecule has 0 saturated carbocycles. The number of aryl methyl sites for hydroxylation is 1. The Morgan fingerprint density at radius 3 is 2.93 bits per heavy atom. The minimum atomic E-state index is 0.178. The van der Waals surface area contributed by atoms with Gasteiger partial charge < -0.3 is 9.30 Å². The van der Waals surface area contributed by atoms with Crippen LogP contribution in [0, 0.1) is 12.8 Å². The minimum absolute atomic E-state index is 0.178. The summed E-state index contributed by atoms with van der Waals surface area (Å²) in [7, 11) is 0. The Morgan fingerprint density at radius 1 is 1.18 bits per heavy atom. The quantitative estimate of drug-likeness (QED) is 0.563. The van der Waals surface area contributed by atoms with Crippen LogP contribution in [0.2, 0.25) is 5.02 Å². The second kappa shape index (κ2) is 7.04. The first-order valence-electron chi connectivity index (χ1n) is 9.36. The summed E-state index contributed by atoms with van der Waals surface area (Å²) in [5.74, 6) is 1.10. The smallest absolute Gasteiger partial charge is 0.162 e. The predicted molar refractivity (Wildman–Crippen MR) is 108 cm³/mol. The number of hydrogen-bond acceptors (Lipinski definition) is 4. The second-order valence-electron chi connectivity index (χ2n) is 7.23. The molecule has 1 aliphatic heterocycles. The van der Waals surface area contributed by atoms with Crippen LogP contribution in [0.15, 0.2) is 48.9 Å². The fourth-order valence-electron chi connectivity index (χ4n) is 4.03. The zero-order chi connectivity index (χ0) is 19.1. The van der Waals surface area contributed by atoms with E-state index < -0.39 is 0 Å². The molecule has 2 atom stereocenters. The summed E-state index contributed by atoms with van der Waals surface area (Å²) in [5, 5.41) is 9.11. The summed E-state index contributed by atoms with van der Waals surface area (Å²) in [6.45, 7) is 3.27. The van der Waals surface area contributed by atoms with Gasteiger partial charge in [0, 0.05) is 29.9 Å². The molecular formula is C21H20ClN5O. The van der Waals surface area contributed by atoms with Crippen molar-refractivity contribution >= 4 is 22.5 Å². The Hall–Kier alpha value is -2.70. The van der Waals surface area contributed by atoms with E-state index in [4.69, 9.17) is 16.3 Å². The van der Waals surface area contributed by atoms with Crippen LogP contribution < -0.4 is 0 Å². The molecular weight excluding hydrogens is 374 g/mol. The zero-order valence-corrected chi connectivity index (χ0v) is 16.2. The normalized spacial score (nSPS) is 19.5. The molecule has 142 valence electrons. The van der Waals surface area contributed by atoms with Gasteiger partial charge in [0.2, 0.25) is 0 Å². The fraction of sp³-hybridized carbons (Fsp3) is 0.286. The molecule has 28 heavy (non-hydrogen) atoms. The number of nitrogens with zero attached hydrogens (tertiary/aromatic N) is 4. The molecule has 0 unspecified atom stereocenters. The topological polar surface area (TPSA) is 68.6 Å². The van der Waals surface area contributed by atoms with E-state index in [1.165, 1.54) is 10.9 Å². The Morgan fingerprint density at radius 2 is 2.07 bits per heavy atom. The van der Waals surface area contributed by atoms with Crippen molar-refractivity contribution in [3.05, 3.63) is 65.2 Å². The molecule has 4 aromatic rings. The Balaban J connectivity index is 1.49. The maximum absolute atomic E-state index is 6.43. The first-order valence-corrected chi connectivity index (χ1v) is 9.74. The van der Waals surface area contributed by atoms with Gasteiger partial charge in [0.15, 0.2) is 5.82 Å². The molecule has 0 bridgehead atoms. The van der Waals surface area contributed by atoms with Crippen molar-refractivity contribution < 1.29 is 4.74 Å². The number of fused-ring (bicyclic) bond motifs is 1. The van der Waals surface area contributed by atoms with Crippen LogP contribution in [-0.2, 0) is 11.2 Å². The van der Waals surface area contributed by atoms with Gasteiger partial charge in [0.1, 0.15) is 5.69 Å². The standard InChI is InChI=1S/C21H20ClN5O/c1-13-19(22)20(26-25-13)21-24-8-9-27(21)18-12-28-11-15(18)10-14-6-7-23-17-5-3-2-4-16(14)17/h2-9,15,18H,10-12H2,1H3,(H,25,26)/t15-,18+/m0/s1. The van der Waals surface area contributed by atoms with Gasteiger partial charge in [0.05, 0.1) is 35.5 Å². The maximum atomic E-state index is 6.43. The highest BCUT2D eigenvalue weighted by molar-refractivity contribution is 6.33. The zero-order valence-electron chi connectivity index (χ0n) is 15.5. The molecule has 5 rings (SSSR count). The Bertz CT molecular complexity index is 1130. The summed E-state index contributed by atoms with van der Waals surface area (Å²) in [6.07, 6.45) is 6.59. The first kappa shape index (κ1) is 17.4. The van der Waals surface area contributed by atoms with Crippen LogP contribution in [0.5, 0.6) is 0 Å².